The quantitative estimate of drug-likeness (QED) is 0.138. The average molecular weight is 660 g/mol. The van der Waals surface area contributed by atoms with E-state index in [1.54, 1.807) is 19.1 Å². The monoisotopic (exact) mass is 656 g/mol. The minimum Gasteiger partial charge on any atom is -0.454 e. The number of amides is 3. The number of benzene rings is 2. The van der Waals surface area contributed by atoms with Crippen LogP contribution in [0.2, 0.25) is 25.1 Å². The molecule has 2 aromatic rings. The molecule has 0 fully saturated rings. The number of hydrogen-bond acceptors (Lipinski definition) is 5. The lowest BCUT2D eigenvalue weighted by Crippen LogP contribution is -2.46. The molecule has 0 radical (unpaired) electrons. The van der Waals surface area contributed by atoms with Crippen molar-refractivity contribution in [1.82, 2.24) is 4.90 Å². The molecule has 0 spiro atoms. The third kappa shape index (κ3) is 5.64. The number of imide groups is 1. The number of nitrogens with one attached hydrogen (secondary N) is 1. The minimum absolute atomic E-state index is 0.0978. The van der Waals surface area contributed by atoms with Gasteiger partial charge < -0.3 is 10.1 Å². The van der Waals surface area contributed by atoms with Gasteiger partial charge in [0.15, 0.2) is 6.61 Å². The zero-order valence-electron chi connectivity index (χ0n) is 18.8. The van der Waals surface area contributed by atoms with Gasteiger partial charge in [-0.25, -0.2) is 4.79 Å². The second-order valence-electron chi connectivity index (χ2n) is 7.88. The number of rotatable bonds is 8. The molecule has 3 rings (SSSR count). The molecule has 2 aromatic carbocycles. The van der Waals surface area contributed by atoms with Crippen LogP contribution in [0.3, 0.4) is 0 Å². The molecule has 0 aliphatic carbocycles. The van der Waals surface area contributed by atoms with E-state index in [9.17, 15) is 19.2 Å². The zero-order chi connectivity index (χ0) is 26.9. The zero-order valence-corrected chi connectivity index (χ0v) is 24.2. The lowest BCUT2D eigenvalue weighted by molar-refractivity contribution is -0.151. The summed E-state index contributed by atoms with van der Waals surface area (Å²) in [7, 11) is 0. The normalized spacial score (nSPS) is 13.6. The van der Waals surface area contributed by atoms with Crippen LogP contribution in [0.15, 0.2) is 16.6 Å². The Morgan fingerprint density at radius 3 is 2.08 bits per heavy atom. The maximum atomic E-state index is 13.2. The van der Waals surface area contributed by atoms with Crippen molar-refractivity contribution in [3.8, 4) is 0 Å². The van der Waals surface area contributed by atoms with Gasteiger partial charge in [0.25, 0.3) is 17.7 Å². The van der Waals surface area contributed by atoms with Gasteiger partial charge in [-0.05, 0) is 47.0 Å². The predicted molar refractivity (Wildman–Crippen MR) is 144 cm³/mol. The summed E-state index contributed by atoms with van der Waals surface area (Å²) < 4.78 is 5.85. The largest absolute Gasteiger partial charge is 0.454 e. The van der Waals surface area contributed by atoms with Crippen LogP contribution in [-0.4, -0.2) is 41.2 Å². The highest BCUT2D eigenvalue weighted by molar-refractivity contribution is 9.10. The first-order valence-corrected chi connectivity index (χ1v) is 13.2. The Morgan fingerprint density at radius 1 is 1.00 bits per heavy atom. The van der Waals surface area contributed by atoms with E-state index in [4.69, 9.17) is 62.7 Å². The Bertz CT molecular complexity index is 1240. The maximum Gasteiger partial charge on any atom is 0.329 e. The highest BCUT2D eigenvalue weighted by atomic mass is 79.9. The Balaban J connectivity index is 1.81. The smallest absolute Gasteiger partial charge is 0.329 e. The fourth-order valence-corrected chi connectivity index (χ4v) is 5.24. The van der Waals surface area contributed by atoms with Gasteiger partial charge in [-0.3, -0.25) is 19.3 Å². The van der Waals surface area contributed by atoms with E-state index < -0.39 is 36.3 Å². The number of fused-ring (bicyclic) bond motifs is 1. The van der Waals surface area contributed by atoms with Gasteiger partial charge >= 0.3 is 5.97 Å². The summed E-state index contributed by atoms with van der Waals surface area (Å²) in [5.74, 6) is -3.29. The number of unbranched alkanes of at least 4 members (excludes halogenated alkanes) is 1. The van der Waals surface area contributed by atoms with Crippen molar-refractivity contribution in [1.29, 1.82) is 0 Å². The summed E-state index contributed by atoms with van der Waals surface area (Å²) in [4.78, 5) is 52.5. The van der Waals surface area contributed by atoms with Crippen LogP contribution >= 0.6 is 73.9 Å². The van der Waals surface area contributed by atoms with Gasteiger partial charge in [-0.1, -0.05) is 77.8 Å². The van der Waals surface area contributed by atoms with Crippen molar-refractivity contribution in [2.75, 3.05) is 11.9 Å². The van der Waals surface area contributed by atoms with Crippen molar-refractivity contribution in [3.05, 3.63) is 58.4 Å². The molecule has 0 aromatic heterocycles. The van der Waals surface area contributed by atoms with Gasteiger partial charge in [0.1, 0.15) is 6.04 Å². The fraction of sp³-hybridized carbons (Fsp3) is 0.304. The van der Waals surface area contributed by atoms with E-state index in [0.29, 0.717) is 28.0 Å². The number of ether oxygens (including phenoxy) is 1. The summed E-state index contributed by atoms with van der Waals surface area (Å²) >= 11 is 33.9. The molecular weight excluding hydrogens is 641 g/mol. The van der Waals surface area contributed by atoms with Crippen LogP contribution in [0.25, 0.3) is 0 Å². The van der Waals surface area contributed by atoms with Gasteiger partial charge in [0, 0.05) is 10.2 Å². The van der Waals surface area contributed by atoms with Crippen LogP contribution in [0.4, 0.5) is 5.69 Å². The number of halogens is 6. The molecule has 0 bridgehead atoms. The second kappa shape index (κ2) is 11.9. The van der Waals surface area contributed by atoms with Gasteiger partial charge in [-0.2, -0.15) is 0 Å². The molecule has 0 unspecified atom stereocenters. The molecule has 1 N–H and O–H groups in total. The summed E-state index contributed by atoms with van der Waals surface area (Å²) in [5, 5.41) is 2.14. The van der Waals surface area contributed by atoms with Gasteiger partial charge in [0.2, 0.25) is 0 Å². The van der Waals surface area contributed by atoms with Gasteiger partial charge in [-0.15, -0.1) is 0 Å². The van der Waals surface area contributed by atoms with E-state index in [1.165, 1.54) is 0 Å². The number of carbonyl (C=O) groups excluding carboxylic acids is 4. The molecule has 7 nitrogen and oxygen atoms in total. The number of nitrogens with zero attached hydrogens (tertiary/aromatic N) is 1. The van der Waals surface area contributed by atoms with Crippen LogP contribution in [-0.2, 0) is 14.3 Å². The van der Waals surface area contributed by atoms with E-state index in [2.05, 4.69) is 21.2 Å². The van der Waals surface area contributed by atoms with Crippen molar-refractivity contribution in [2.45, 2.75) is 39.2 Å². The number of aryl methyl sites for hydroxylation is 1. The second-order valence-corrected chi connectivity index (χ2v) is 10.7. The van der Waals surface area contributed by atoms with E-state index in [-0.39, 0.29) is 37.6 Å². The molecule has 192 valence electrons. The number of carbonyl (C=O) groups is 4. The molecule has 1 atom stereocenters. The molecule has 36 heavy (non-hydrogen) atoms. The molecule has 3 amide bonds. The molecule has 0 saturated carbocycles. The summed E-state index contributed by atoms with van der Waals surface area (Å²) in [5.41, 5.74) is 0.681. The van der Waals surface area contributed by atoms with Crippen molar-refractivity contribution in [3.63, 3.8) is 0 Å². The molecule has 1 aliphatic heterocycles. The number of hydrogen-bond donors (Lipinski definition) is 1. The van der Waals surface area contributed by atoms with Crippen LogP contribution in [0.5, 0.6) is 0 Å². The van der Waals surface area contributed by atoms with Crippen molar-refractivity contribution < 1.29 is 23.9 Å². The number of esters is 1. The SMILES string of the molecule is CCCC[C@H](C(=O)OCC(=O)Nc1cc(Cl)c(Br)cc1C)N1C(=O)c2c(Cl)c(Cl)c(Cl)c(Cl)c2C1=O. The first kappa shape index (κ1) is 29.0. The molecule has 1 aliphatic rings. The highest BCUT2D eigenvalue weighted by Crippen LogP contribution is 2.45. The van der Waals surface area contributed by atoms with Crippen molar-refractivity contribution >= 4 is 103 Å². The number of anilines is 1. The molecular formula is C23H18BrCl5N2O5. The minimum atomic E-state index is -1.32. The standard InChI is InChI=1S/C23H18BrCl5N2O5/c1-3-4-5-13(23(35)36-8-14(32)30-12-7-11(25)10(24)6-9(12)2)31-21(33)15-16(22(31)34)18(27)20(29)19(28)17(15)26/h6-7,13H,3-5,8H2,1-2H3,(H,30,32)/t13-/m1/s1. The first-order valence-electron chi connectivity index (χ1n) is 10.6. The van der Waals surface area contributed by atoms with E-state index in [0.717, 1.165) is 10.5 Å². The third-order valence-corrected chi connectivity index (χ3v) is 8.43. The fourth-order valence-electron chi connectivity index (χ4n) is 3.60. The Morgan fingerprint density at radius 2 is 1.56 bits per heavy atom. The predicted octanol–water partition coefficient (Wildman–Crippen LogP) is 7.36. The first-order chi connectivity index (χ1) is 16.9. The summed E-state index contributed by atoms with van der Waals surface area (Å²) in [6, 6.07) is 1.95. The third-order valence-electron chi connectivity index (χ3n) is 5.43. The summed E-state index contributed by atoms with van der Waals surface area (Å²) in [6.45, 7) is 2.98. The Hall–Kier alpha value is -1.55. The van der Waals surface area contributed by atoms with E-state index in [1.807, 2.05) is 6.92 Å². The lowest BCUT2D eigenvalue weighted by Gasteiger charge is -2.24. The highest BCUT2D eigenvalue weighted by Gasteiger charge is 2.47. The average Bonchev–Trinajstić information content (AvgIpc) is 3.09. The van der Waals surface area contributed by atoms with Crippen LogP contribution < -0.4 is 5.32 Å². The van der Waals surface area contributed by atoms with E-state index >= 15 is 0 Å². The topological polar surface area (TPSA) is 92.8 Å². The maximum absolute atomic E-state index is 13.2. The molecule has 0 saturated heterocycles. The van der Waals surface area contributed by atoms with Crippen LogP contribution in [0, 0.1) is 6.92 Å². The van der Waals surface area contributed by atoms with Crippen molar-refractivity contribution in [2.24, 2.45) is 0 Å². The lowest BCUT2D eigenvalue weighted by atomic mass is 10.1. The Labute approximate surface area is 240 Å². The van der Waals surface area contributed by atoms with Crippen LogP contribution in [0.1, 0.15) is 52.5 Å². The summed E-state index contributed by atoms with van der Waals surface area (Å²) in [6.07, 6.45) is 1.25. The van der Waals surface area contributed by atoms with Gasteiger partial charge in [0.05, 0.1) is 36.2 Å². The molecule has 13 heteroatoms. The Kier molecular flexibility index (Phi) is 9.57. The molecule has 1 heterocycles.